The van der Waals surface area contributed by atoms with Crippen LogP contribution in [0.15, 0.2) is 18.2 Å². The van der Waals surface area contributed by atoms with Gasteiger partial charge in [-0.05, 0) is 19.9 Å². The lowest BCUT2D eigenvalue weighted by atomic mass is 10.2. The van der Waals surface area contributed by atoms with E-state index >= 15 is 0 Å². The van der Waals surface area contributed by atoms with Gasteiger partial charge in [0.05, 0.1) is 6.10 Å². The van der Waals surface area contributed by atoms with E-state index in [2.05, 4.69) is 5.32 Å². The van der Waals surface area contributed by atoms with Crippen LogP contribution in [0.1, 0.15) is 19.4 Å². The molecule has 0 radical (unpaired) electrons. The molecule has 94 valence electrons. The van der Waals surface area contributed by atoms with E-state index in [4.69, 9.17) is 4.74 Å². The van der Waals surface area contributed by atoms with E-state index in [0.717, 1.165) is 12.1 Å². The second kappa shape index (κ2) is 6.30. The molecule has 0 aliphatic carbocycles. The van der Waals surface area contributed by atoms with Gasteiger partial charge in [-0.25, -0.2) is 8.78 Å². The number of carbonyl (C=O) groups is 1. The molecule has 0 unspecified atom stereocenters. The summed E-state index contributed by atoms with van der Waals surface area (Å²) < 4.78 is 30.9. The first-order valence-electron chi connectivity index (χ1n) is 5.31. The van der Waals surface area contributed by atoms with Crippen molar-refractivity contribution in [2.75, 3.05) is 6.61 Å². The van der Waals surface area contributed by atoms with Crippen LogP contribution < -0.4 is 5.32 Å². The zero-order chi connectivity index (χ0) is 12.8. The molecule has 0 aliphatic heterocycles. The highest BCUT2D eigenvalue weighted by atomic mass is 19.1. The summed E-state index contributed by atoms with van der Waals surface area (Å²) in [5.41, 5.74) is 0.240. The number of nitrogens with one attached hydrogen (secondary N) is 1. The van der Waals surface area contributed by atoms with Crippen molar-refractivity contribution in [1.82, 2.24) is 5.32 Å². The number of rotatable bonds is 5. The summed E-state index contributed by atoms with van der Waals surface area (Å²) in [6.07, 6.45) is -0.0386. The second-order valence-electron chi connectivity index (χ2n) is 3.87. The van der Waals surface area contributed by atoms with Crippen molar-refractivity contribution >= 4 is 5.91 Å². The molecular weight excluding hydrogens is 228 g/mol. The zero-order valence-electron chi connectivity index (χ0n) is 9.80. The summed E-state index contributed by atoms with van der Waals surface area (Å²) in [5, 5.41) is 2.49. The molecule has 3 nitrogen and oxygen atoms in total. The molecule has 17 heavy (non-hydrogen) atoms. The molecule has 5 heteroatoms. The van der Waals surface area contributed by atoms with Gasteiger partial charge in [0, 0.05) is 18.2 Å². The van der Waals surface area contributed by atoms with E-state index in [9.17, 15) is 13.6 Å². The maximum absolute atomic E-state index is 13.2. The highest BCUT2D eigenvalue weighted by Gasteiger charge is 2.06. The van der Waals surface area contributed by atoms with Crippen LogP contribution in [0.2, 0.25) is 0 Å². The maximum atomic E-state index is 13.2. The minimum Gasteiger partial charge on any atom is -0.369 e. The van der Waals surface area contributed by atoms with Crippen LogP contribution in [-0.2, 0) is 16.1 Å². The summed E-state index contributed by atoms with van der Waals surface area (Å²) >= 11 is 0. The molecule has 0 saturated carbocycles. The Morgan fingerprint density at radius 2 is 2.12 bits per heavy atom. The summed E-state index contributed by atoms with van der Waals surface area (Å²) in [6, 6.07) is 3.23. The lowest BCUT2D eigenvalue weighted by Gasteiger charge is -2.09. The smallest absolute Gasteiger partial charge is 0.246 e. The van der Waals surface area contributed by atoms with Crippen molar-refractivity contribution in [1.29, 1.82) is 0 Å². The largest absolute Gasteiger partial charge is 0.369 e. The van der Waals surface area contributed by atoms with Crippen LogP contribution in [0.5, 0.6) is 0 Å². The van der Waals surface area contributed by atoms with Crippen molar-refractivity contribution in [2.45, 2.75) is 26.5 Å². The van der Waals surface area contributed by atoms with Crippen LogP contribution in [0.4, 0.5) is 8.78 Å². The van der Waals surface area contributed by atoms with Gasteiger partial charge in [0.15, 0.2) is 0 Å². The summed E-state index contributed by atoms with van der Waals surface area (Å²) in [4.78, 5) is 11.3. The van der Waals surface area contributed by atoms with Crippen LogP contribution in [-0.4, -0.2) is 18.6 Å². The number of benzene rings is 1. The number of amides is 1. The Morgan fingerprint density at radius 3 is 2.71 bits per heavy atom. The quantitative estimate of drug-likeness (QED) is 0.859. The Labute approximate surface area is 98.8 Å². The number of ether oxygens (including phenoxy) is 1. The first kappa shape index (κ1) is 13.6. The number of hydrogen-bond acceptors (Lipinski definition) is 2. The van der Waals surface area contributed by atoms with E-state index < -0.39 is 11.6 Å². The summed E-state index contributed by atoms with van der Waals surface area (Å²) in [7, 11) is 0. The lowest BCUT2D eigenvalue weighted by molar-refractivity contribution is -0.127. The van der Waals surface area contributed by atoms with Crippen molar-refractivity contribution in [3.8, 4) is 0 Å². The van der Waals surface area contributed by atoms with Gasteiger partial charge in [-0.2, -0.15) is 0 Å². The zero-order valence-corrected chi connectivity index (χ0v) is 9.80. The molecule has 1 amide bonds. The molecule has 1 rings (SSSR count). The maximum Gasteiger partial charge on any atom is 0.246 e. The monoisotopic (exact) mass is 243 g/mol. The third kappa shape index (κ3) is 4.91. The topological polar surface area (TPSA) is 38.3 Å². The van der Waals surface area contributed by atoms with Gasteiger partial charge in [-0.1, -0.05) is 6.07 Å². The second-order valence-corrected chi connectivity index (χ2v) is 3.87. The molecule has 1 aromatic carbocycles. The molecule has 0 spiro atoms. The highest BCUT2D eigenvalue weighted by molar-refractivity contribution is 5.77. The standard InChI is InChI=1S/C12H15F2NO2/c1-8(2)17-7-12(16)15-6-9-3-4-10(13)5-11(9)14/h3-5,8H,6-7H2,1-2H3,(H,15,16). The van der Waals surface area contributed by atoms with E-state index in [1.807, 2.05) is 13.8 Å². The van der Waals surface area contributed by atoms with Crippen molar-refractivity contribution in [3.63, 3.8) is 0 Å². The minimum absolute atomic E-state index is 0.0202. The number of halogens is 2. The van der Waals surface area contributed by atoms with Gasteiger partial charge in [-0.3, -0.25) is 4.79 Å². The minimum atomic E-state index is -0.671. The Bertz CT molecular complexity index is 394. The van der Waals surface area contributed by atoms with E-state index in [1.54, 1.807) is 0 Å². The van der Waals surface area contributed by atoms with Crippen LogP contribution in [0.25, 0.3) is 0 Å². The van der Waals surface area contributed by atoms with E-state index in [1.165, 1.54) is 6.07 Å². The molecular formula is C12H15F2NO2. The third-order valence-electron chi connectivity index (χ3n) is 2.04. The molecule has 0 aliphatic rings. The van der Waals surface area contributed by atoms with Gasteiger partial charge < -0.3 is 10.1 Å². The van der Waals surface area contributed by atoms with E-state index in [0.29, 0.717) is 0 Å². The molecule has 0 heterocycles. The van der Waals surface area contributed by atoms with Crippen LogP contribution in [0, 0.1) is 11.6 Å². The van der Waals surface area contributed by atoms with Crippen molar-refractivity contribution < 1.29 is 18.3 Å². The normalized spacial score (nSPS) is 10.6. The first-order valence-corrected chi connectivity index (χ1v) is 5.31. The van der Waals surface area contributed by atoms with Gasteiger partial charge in [0.2, 0.25) is 5.91 Å². The summed E-state index contributed by atoms with van der Waals surface area (Å²) in [5.74, 6) is -1.64. The van der Waals surface area contributed by atoms with Crippen LogP contribution >= 0.6 is 0 Å². The molecule has 0 bridgehead atoms. The average Bonchev–Trinajstić information content (AvgIpc) is 2.25. The molecule has 1 N–H and O–H groups in total. The van der Waals surface area contributed by atoms with Crippen molar-refractivity contribution in [2.24, 2.45) is 0 Å². The fraction of sp³-hybridized carbons (Fsp3) is 0.417. The van der Waals surface area contributed by atoms with Crippen molar-refractivity contribution in [3.05, 3.63) is 35.4 Å². The molecule has 0 fully saturated rings. The Hall–Kier alpha value is -1.49. The Kier molecular flexibility index (Phi) is 5.03. The lowest BCUT2D eigenvalue weighted by Crippen LogP contribution is -2.28. The number of hydrogen-bond donors (Lipinski definition) is 1. The van der Waals surface area contributed by atoms with Gasteiger partial charge >= 0.3 is 0 Å². The SMILES string of the molecule is CC(C)OCC(=O)NCc1ccc(F)cc1F. The molecule has 0 atom stereocenters. The fourth-order valence-electron chi connectivity index (χ4n) is 1.15. The third-order valence-corrected chi connectivity index (χ3v) is 2.04. The summed E-state index contributed by atoms with van der Waals surface area (Å²) in [6.45, 7) is 3.58. The fourth-order valence-corrected chi connectivity index (χ4v) is 1.15. The molecule has 0 saturated heterocycles. The van der Waals surface area contributed by atoms with Gasteiger partial charge in [-0.15, -0.1) is 0 Å². The van der Waals surface area contributed by atoms with E-state index in [-0.39, 0.29) is 30.7 Å². The van der Waals surface area contributed by atoms with Gasteiger partial charge in [0.1, 0.15) is 18.2 Å². The molecule has 0 aromatic heterocycles. The van der Waals surface area contributed by atoms with Gasteiger partial charge in [0.25, 0.3) is 0 Å². The Morgan fingerprint density at radius 1 is 1.41 bits per heavy atom. The van der Waals surface area contributed by atoms with Crippen LogP contribution in [0.3, 0.4) is 0 Å². The first-order chi connectivity index (χ1) is 7.99. The number of carbonyl (C=O) groups excluding carboxylic acids is 1. The average molecular weight is 243 g/mol. The predicted molar refractivity (Wildman–Crippen MR) is 59.3 cm³/mol. The predicted octanol–water partition coefficient (Wildman–Crippen LogP) is 2.01. The Balaban J connectivity index is 2.42. The highest BCUT2D eigenvalue weighted by Crippen LogP contribution is 2.08. The molecule has 1 aromatic rings.